The number of nitrogens with zero attached hydrogens (tertiary/aromatic N) is 1. The van der Waals surface area contributed by atoms with Crippen LogP contribution in [-0.2, 0) is 13.0 Å². The first kappa shape index (κ1) is 20.4. The monoisotopic (exact) mass is 369 g/mol. The first-order chi connectivity index (χ1) is 12.8. The molecule has 0 saturated carbocycles. The summed E-state index contributed by atoms with van der Waals surface area (Å²) in [5.74, 6) is 0.186. The maximum absolute atomic E-state index is 12.8. The number of hydrogen-bond acceptors (Lipinski definition) is 5. The van der Waals surface area contributed by atoms with E-state index in [2.05, 4.69) is 20.6 Å². The Morgan fingerprint density at radius 3 is 2.59 bits per heavy atom. The second kappa shape index (κ2) is 8.62. The van der Waals surface area contributed by atoms with E-state index in [4.69, 9.17) is 5.41 Å². The number of amides is 1. The van der Waals surface area contributed by atoms with Gasteiger partial charge < -0.3 is 21.0 Å². The summed E-state index contributed by atoms with van der Waals surface area (Å²) in [5, 5.41) is 13.7. The molecule has 0 fully saturated rings. The number of aromatic amines is 1. The molecule has 1 amide bonds. The number of pyridine rings is 2. The van der Waals surface area contributed by atoms with Crippen molar-refractivity contribution >= 4 is 17.9 Å². The summed E-state index contributed by atoms with van der Waals surface area (Å²) in [6, 6.07) is 3.69. The molecule has 27 heavy (non-hydrogen) atoms. The predicted molar refractivity (Wildman–Crippen MR) is 108 cm³/mol. The van der Waals surface area contributed by atoms with Crippen molar-refractivity contribution in [1.29, 1.82) is 5.41 Å². The van der Waals surface area contributed by atoms with Crippen molar-refractivity contribution in [2.45, 2.75) is 53.6 Å². The molecule has 144 valence electrons. The quantitative estimate of drug-likeness (QED) is 0.562. The number of H-pyrrole nitrogens is 1. The van der Waals surface area contributed by atoms with E-state index < -0.39 is 0 Å². The minimum Gasteiger partial charge on any atom is -0.367 e. The third kappa shape index (κ3) is 4.81. The Hall–Kier alpha value is -2.96. The topological polar surface area (TPSA) is 111 Å². The molecule has 7 nitrogen and oxygen atoms in total. The molecule has 2 rings (SSSR count). The molecule has 2 aromatic rings. The zero-order valence-electron chi connectivity index (χ0n) is 16.5. The van der Waals surface area contributed by atoms with Crippen molar-refractivity contribution in [3.8, 4) is 0 Å². The molecule has 0 spiro atoms. The average Bonchev–Trinajstić information content (AvgIpc) is 2.59. The number of carbonyl (C=O) groups excluding carboxylic acids is 1. The lowest BCUT2D eigenvalue weighted by atomic mass is 10.1. The van der Waals surface area contributed by atoms with E-state index in [0.29, 0.717) is 28.9 Å². The second-order valence-corrected chi connectivity index (χ2v) is 6.85. The fraction of sp³-hybridized carbons (Fsp3) is 0.400. The third-order valence-electron chi connectivity index (χ3n) is 4.21. The largest absolute Gasteiger partial charge is 0.367 e. The molecule has 4 N–H and O–H groups in total. The minimum atomic E-state index is -0.336. The summed E-state index contributed by atoms with van der Waals surface area (Å²) >= 11 is 0. The highest BCUT2D eigenvalue weighted by molar-refractivity contribution is 6.04. The number of nitrogens with one attached hydrogen (secondary N) is 4. The van der Waals surface area contributed by atoms with Crippen LogP contribution in [0.1, 0.15) is 59.2 Å². The van der Waals surface area contributed by atoms with Crippen LogP contribution >= 0.6 is 0 Å². The highest BCUT2D eigenvalue weighted by Crippen LogP contribution is 2.19. The van der Waals surface area contributed by atoms with Crippen molar-refractivity contribution in [3.63, 3.8) is 0 Å². The molecule has 2 heterocycles. The van der Waals surface area contributed by atoms with Crippen LogP contribution < -0.4 is 16.2 Å². The van der Waals surface area contributed by atoms with Crippen LogP contribution in [0.2, 0.25) is 0 Å². The van der Waals surface area contributed by atoms with Gasteiger partial charge in [0, 0.05) is 41.3 Å². The van der Waals surface area contributed by atoms with Gasteiger partial charge in [-0.1, -0.05) is 6.92 Å². The van der Waals surface area contributed by atoms with Crippen molar-refractivity contribution in [1.82, 2.24) is 15.3 Å². The first-order valence-corrected chi connectivity index (χ1v) is 9.05. The van der Waals surface area contributed by atoms with E-state index in [9.17, 15) is 9.59 Å². The SMILES string of the molecule is CCc1cc(C(=O)NCc2c(C)cc(C)[nH]c2=O)c(C=N)c(NC(C)C)n1. The van der Waals surface area contributed by atoms with E-state index in [0.717, 1.165) is 23.2 Å². The molecule has 2 aromatic heterocycles. The fourth-order valence-corrected chi connectivity index (χ4v) is 2.87. The summed E-state index contributed by atoms with van der Waals surface area (Å²) in [4.78, 5) is 32.2. The molecule has 0 saturated heterocycles. The molecule has 0 aliphatic heterocycles. The van der Waals surface area contributed by atoms with E-state index in [-0.39, 0.29) is 24.1 Å². The molecule has 0 radical (unpaired) electrons. The lowest BCUT2D eigenvalue weighted by Crippen LogP contribution is -2.29. The Bertz CT molecular complexity index is 915. The molecular weight excluding hydrogens is 342 g/mol. The van der Waals surface area contributed by atoms with E-state index in [1.807, 2.05) is 40.7 Å². The van der Waals surface area contributed by atoms with Crippen molar-refractivity contribution in [2.24, 2.45) is 0 Å². The van der Waals surface area contributed by atoms with Crippen LogP contribution in [0, 0.1) is 19.3 Å². The summed E-state index contributed by atoms with van der Waals surface area (Å²) < 4.78 is 0. The summed E-state index contributed by atoms with van der Waals surface area (Å²) in [6.07, 6.45) is 1.80. The Morgan fingerprint density at radius 1 is 1.33 bits per heavy atom. The highest BCUT2D eigenvalue weighted by atomic mass is 16.1. The Balaban J connectivity index is 2.35. The van der Waals surface area contributed by atoms with Crippen LogP contribution in [0.5, 0.6) is 0 Å². The van der Waals surface area contributed by atoms with Gasteiger partial charge in [-0.05, 0) is 51.8 Å². The summed E-state index contributed by atoms with van der Waals surface area (Å²) in [6.45, 7) is 9.69. The van der Waals surface area contributed by atoms with Crippen LogP contribution in [0.25, 0.3) is 0 Å². The fourth-order valence-electron chi connectivity index (χ4n) is 2.87. The number of carbonyl (C=O) groups is 1. The number of aryl methyl sites for hydroxylation is 3. The van der Waals surface area contributed by atoms with Crippen molar-refractivity contribution in [3.05, 3.63) is 56.1 Å². The summed E-state index contributed by atoms with van der Waals surface area (Å²) in [7, 11) is 0. The number of anilines is 1. The maximum Gasteiger partial charge on any atom is 0.253 e. The van der Waals surface area contributed by atoms with Crippen molar-refractivity contribution < 1.29 is 4.79 Å². The van der Waals surface area contributed by atoms with Gasteiger partial charge in [0.2, 0.25) is 0 Å². The van der Waals surface area contributed by atoms with Gasteiger partial charge in [0.15, 0.2) is 0 Å². The molecule has 0 aliphatic carbocycles. The van der Waals surface area contributed by atoms with Crippen LogP contribution in [-0.4, -0.2) is 28.1 Å². The van der Waals surface area contributed by atoms with Crippen molar-refractivity contribution in [2.75, 3.05) is 5.32 Å². The summed E-state index contributed by atoms with van der Waals surface area (Å²) in [5.41, 5.74) is 3.51. The van der Waals surface area contributed by atoms with Gasteiger partial charge in [0.05, 0.1) is 5.56 Å². The predicted octanol–water partition coefficient (Wildman–Crippen LogP) is 2.70. The van der Waals surface area contributed by atoms with Crippen LogP contribution in [0.15, 0.2) is 16.9 Å². The molecule has 0 aliphatic rings. The van der Waals surface area contributed by atoms with E-state index in [1.54, 1.807) is 6.07 Å². The zero-order valence-corrected chi connectivity index (χ0v) is 16.5. The van der Waals surface area contributed by atoms with Gasteiger partial charge in [0.25, 0.3) is 11.5 Å². The highest BCUT2D eigenvalue weighted by Gasteiger charge is 2.18. The van der Waals surface area contributed by atoms with Gasteiger partial charge >= 0.3 is 0 Å². The second-order valence-electron chi connectivity index (χ2n) is 6.85. The van der Waals surface area contributed by atoms with Gasteiger partial charge in [-0.15, -0.1) is 0 Å². The number of hydrogen-bond donors (Lipinski definition) is 4. The lowest BCUT2D eigenvalue weighted by Gasteiger charge is -2.16. The van der Waals surface area contributed by atoms with E-state index >= 15 is 0 Å². The van der Waals surface area contributed by atoms with E-state index in [1.165, 1.54) is 0 Å². The normalized spacial score (nSPS) is 10.7. The zero-order chi connectivity index (χ0) is 20.1. The standard InChI is InChI=1S/C20H27N5O2/c1-6-14-8-15(16(9-21)18(25-14)23-11(2)3)19(26)22-10-17-12(4)7-13(5)24-20(17)27/h7-9,11,21H,6,10H2,1-5H3,(H,22,26)(H,23,25)(H,24,27). The molecule has 0 unspecified atom stereocenters. The van der Waals surface area contributed by atoms with Crippen LogP contribution in [0.3, 0.4) is 0 Å². The van der Waals surface area contributed by atoms with Crippen LogP contribution in [0.4, 0.5) is 5.82 Å². The van der Waals surface area contributed by atoms with Gasteiger partial charge in [-0.3, -0.25) is 9.59 Å². The minimum absolute atomic E-state index is 0.119. The van der Waals surface area contributed by atoms with Gasteiger partial charge in [-0.25, -0.2) is 4.98 Å². The molecule has 0 bridgehead atoms. The Morgan fingerprint density at radius 2 is 2.04 bits per heavy atom. The third-order valence-corrected chi connectivity index (χ3v) is 4.21. The van der Waals surface area contributed by atoms with Gasteiger partial charge in [0.1, 0.15) is 5.82 Å². The number of aromatic nitrogens is 2. The molecule has 0 atom stereocenters. The molecule has 0 aromatic carbocycles. The first-order valence-electron chi connectivity index (χ1n) is 9.05. The molecule has 7 heteroatoms. The Labute approximate surface area is 159 Å². The lowest BCUT2D eigenvalue weighted by molar-refractivity contribution is 0.0950. The smallest absolute Gasteiger partial charge is 0.253 e. The van der Waals surface area contributed by atoms with Gasteiger partial charge in [-0.2, -0.15) is 0 Å². The maximum atomic E-state index is 12.8. The molecular formula is C20H27N5O2. The Kier molecular flexibility index (Phi) is 6.50. The number of rotatable bonds is 7. The average molecular weight is 369 g/mol.